The average molecular weight is 438 g/mol. The van der Waals surface area contributed by atoms with Crippen molar-refractivity contribution in [2.24, 2.45) is 0 Å². The highest BCUT2D eigenvalue weighted by Crippen LogP contribution is 2.05. The van der Waals surface area contributed by atoms with Crippen LogP contribution in [0.4, 0.5) is 4.39 Å². The van der Waals surface area contributed by atoms with Crippen molar-refractivity contribution in [1.29, 1.82) is 0 Å². The second-order valence-corrected chi connectivity index (χ2v) is 6.47. The average Bonchev–Trinajstić information content (AvgIpc) is 3.31. The Balaban J connectivity index is 1.51. The predicted octanol–water partition coefficient (Wildman–Crippen LogP) is -0.768. The normalized spacial score (nSPS) is 10.8. The Morgan fingerprint density at radius 2 is 1.88 bits per heavy atom. The molecule has 162 valence electrons. The zero-order chi connectivity index (χ0) is 22.7. The van der Waals surface area contributed by atoms with Crippen molar-refractivity contribution < 1.29 is 9.18 Å². The molecule has 4 rings (SSSR count). The van der Waals surface area contributed by atoms with Gasteiger partial charge in [-0.25, -0.2) is 28.1 Å². The van der Waals surface area contributed by atoms with Gasteiger partial charge in [-0.15, -0.1) is 5.10 Å². The number of amides is 1. The van der Waals surface area contributed by atoms with E-state index in [-0.39, 0.29) is 24.3 Å². The Morgan fingerprint density at radius 1 is 1.09 bits per heavy atom. The summed E-state index contributed by atoms with van der Waals surface area (Å²) in [4.78, 5) is 55.4. The van der Waals surface area contributed by atoms with E-state index in [9.17, 15) is 23.6 Å². The first-order chi connectivity index (χ1) is 15.4. The molecule has 13 heteroatoms. The third kappa shape index (κ3) is 4.12. The number of rotatable bonds is 6. The van der Waals surface area contributed by atoms with Crippen LogP contribution in [0.3, 0.4) is 0 Å². The van der Waals surface area contributed by atoms with Crippen LogP contribution in [0.5, 0.6) is 0 Å². The molecular weight excluding hydrogens is 423 g/mol. The van der Waals surface area contributed by atoms with Crippen molar-refractivity contribution in [2.45, 2.75) is 6.54 Å². The number of hydrogen-bond donors (Lipinski definition) is 2. The topological polar surface area (TPSA) is 150 Å². The maximum atomic E-state index is 13.1. The van der Waals surface area contributed by atoms with E-state index in [1.807, 2.05) is 0 Å². The number of benzene rings is 1. The number of carbonyl (C=O) groups excluding carboxylic acids is 1. The van der Waals surface area contributed by atoms with Crippen molar-refractivity contribution >= 4 is 5.91 Å². The highest BCUT2D eigenvalue weighted by molar-refractivity contribution is 5.93. The number of aromatic nitrogens is 7. The first kappa shape index (κ1) is 20.6. The van der Waals surface area contributed by atoms with E-state index in [0.717, 1.165) is 27.6 Å². The lowest BCUT2D eigenvalue weighted by molar-refractivity contribution is 0.0949. The summed E-state index contributed by atoms with van der Waals surface area (Å²) in [7, 11) is 0. The lowest BCUT2D eigenvalue weighted by atomic mass is 10.2. The van der Waals surface area contributed by atoms with Gasteiger partial charge in [0.15, 0.2) is 5.82 Å². The van der Waals surface area contributed by atoms with Gasteiger partial charge >= 0.3 is 5.69 Å². The van der Waals surface area contributed by atoms with Crippen LogP contribution in [-0.2, 0) is 6.54 Å². The maximum absolute atomic E-state index is 13.1. The second-order valence-electron chi connectivity index (χ2n) is 6.47. The number of halogens is 1. The van der Waals surface area contributed by atoms with E-state index in [1.54, 1.807) is 0 Å². The van der Waals surface area contributed by atoms with Gasteiger partial charge in [0, 0.05) is 18.8 Å². The Morgan fingerprint density at radius 3 is 2.59 bits per heavy atom. The summed E-state index contributed by atoms with van der Waals surface area (Å²) >= 11 is 0. The summed E-state index contributed by atoms with van der Waals surface area (Å²) in [6, 6.07) is 7.44. The molecule has 0 saturated heterocycles. The van der Waals surface area contributed by atoms with E-state index in [2.05, 4.69) is 25.5 Å². The minimum absolute atomic E-state index is 0.0165. The highest BCUT2D eigenvalue weighted by Gasteiger charge is 2.16. The second kappa shape index (κ2) is 8.59. The SMILES string of the molecule is O=C(NCCn1nc(-n2cncn2)ccc1=O)c1c[nH]c(=O)n(-c2ccc(F)cc2)c1=O. The molecular formula is C19H15FN8O4. The summed E-state index contributed by atoms with van der Waals surface area (Å²) in [5.74, 6) is -0.942. The molecule has 32 heavy (non-hydrogen) atoms. The molecule has 1 aromatic carbocycles. The van der Waals surface area contributed by atoms with E-state index < -0.39 is 28.5 Å². The van der Waals surface area contributed by atoms with Gasteiger partial charge in [0.2, 0.25) is 0 Å². The molecule has 0 bridgehead atoms. The van der Waals surface area contributed by atoms with Gasteiger partial charge in [-0.3, -0.25) is 14.4 Å². The van der Waals surface area contributed by atoms with Crippen LogP contribution in [0.15, 0.2) is 69.6 Å². The summed E-state index contributed by atoms with van der Waals surface area (Å²) in [6.07, 6.45) is 3.73. The van der Waals surface area contributed by atoms with Crippen molar-refractivity contribution in [1.82, 2.24) is 39.4 Å². The monoisotopic (exact) mass is 438 g/mol. The van der Waals surface area contributed by atoms with Gasteiger partial charge in [-0.05, 0) is 30.3 Å². The van der Waals surface area contributed by atoms with Gasteiger partial charge in [-0.2, -0.15) is 5.10 Å². The molecule has 0 fully saturated rings. The van der Waals surface area contributed by atoms with Crippen LogP contribution in [0.1, 0.15) is 10.4 Å². The molecule has 0 atom stereocenters. The Labute approximate surface area is 177 Å². The Hall–Kier alpha value is -4.68. The number of nitrogens with zero attached hydrogens (tertiary/aromatic N) is 6. The van der Waals surface area contributed by atoms with Crippen molar-refractivity contribution in [3.63, 3.8) is 0 Å². The van der Waals surface area contributed by atoms with Gasteiger partial charge < -0.3 is 10.3 Å². The molecule has 0 aliphatic rings. The van der Waals surface area contributed by atoms with Crippen LogP contribution < -0.4 is 22.1 Å². The Bertz CT molecular complexity index is 1440. The van der Waals surface area contributed by atoms with Crippen LogP contribution in [0, 0.1) is 5.82 Å². The zero-order valence-electron chi connectivity index (χ0n) is 16.3. The fourth-order valence-corrected chi connectivity index (χ4v) is 2.88. The number of aromatic amines is 1. The van der Waals surface area contributed by atoms with E-state index in [1.165, 1.54) is 41.6 Å². The first-order valence-electron chi connectivity index (χ1n) is 9.26. The lowest BCUT2D eigenvalue weighted by Gasteiger charge is -2.09. The molecule has 1 amide bonds. The summed E-state index contributed by atoms with van der Waals surface area (Å²) in [5.41, 5.74) is -2.27. The summed E-state index contributed by atoms with van der Waals surface area (Å²) in [5, 5.41) is 10.6. The molecule has 0 aliphatic heterocycles. The molecule has 12 nitrogen and oxygen atoms in total. The minimum Gasteiger partial charge on any atom is -0.350 e. The third-order valence-corrected chi connectivity index (χ3v) is 4.42. The maximum Gasteiger partial charge on any atom is 0.333 e. The highest BCUT2D eigenvalue weighted by atomic mass is 19.1. The van der Waals surface area contributed by atoms with Crippen LogP contribution in [0.25, 0.3) is 11.5 Å². The molecule has 4 aromatic rings. The Kier molecular flexibility index (Phi) is 5.53. The lowest BCUT2D eigenvalue weighted by Crippen LogP contribution is -2.40. The fourth-order valence-electron chi connectivity index (χ4n) is 2.88. The van der Waals surface area contributed by atoms with E-state index in [0.29, 0.717) is 5.82 Å². The van der Waals surface area contributed by atoms with Gasteiger partial charge in [0.25, 0.3) is 17.0 Å². The third-order valence-electron chi connectivity index (χ3n) is 4.42. The molecule has 2 N–H and O–H groups in total. The number of carbonyl (C=O) groups is 1. The number of H-pyrrole nitrogens is 1. The standard InChI is InChI=1S/C19H15FN8O4/c20-12-1-3-13(4-2-12)28-18(31)14(9-23-19(28)32)17(30)22-7-8-26-16(29)6-5-15(25-26)27-11-21-10-24-27/h1-6,9-11H,7-8H2,(H,22,30)(H,23,32). The minimum atomic E-state index is -0.874. The molecule has 3 heterocycles. The summed E-state index contributed by atoms with van der Waals surface area (Å²) < 4.78 is 16.4. The number of nitrogens with one attached hydrogen (secondary N) is 2. The largest absolute Gasteiger partial charge is 0.350 e. The number of hydrogen-bond acceptors (Lipinski definition) is 7. The molecule has 0 aliphatic carbocycles. The van der Waals surface area contributed by atoms with E-state index in [4.69, 9.17) is 0 Å². The van der Waals surface area contributed by atoms with E-state index >= 15 is 0 Å². The van der Waals surface area contributed by atoms with Crippen molar-refractivity contribution in [3.05, 3.63) is 97.8 Å². The molecule has 0 saturated carbocycles. The molecule has 3 aromatic heterocycles. The fraction of sp³-hybridized carbons (Fsp3) is 0.105. The van der Waals surface area contributed by atoms with Gasteiger partial charge in [0.1, 0.15) is 24.0 Å². The van der Waals surface area contributed by atoms with Crippen LogP contribution in [-0.4, -0.2) is 46.5 Å². The molecule has 0 unspecified atom stereocenters. The zero-order valence-corrected chi connectivity index (χ0v) is 16.3. The summed E-state index contributed by atoms with van der Waals surface area (Å²) in [6.45, 7) is -0.00964. The van der Waals surface area contributed by atoms with Gasteiger partial charge in [0.05, 0.1) is 12.2 Å². The first-order valence-corrected chi connectivity index (χ1v) is 9.26. The van der Waals surface area contributed by atoms with Crippen molar-refractivity contribution in [2.75, 3.05) is 6.54 Å². The quantitative estimate of drug-likeness (QED) is 0.401. The van der Waals surface area contributed by atoms with Crippen molar-refractivity contribution in [3.8, 4) is 11.5 Å². The molecule has 0 radical (unpaired) electrons. The molecule has 0 spiro atoms. The van der Waals surface area contributed by atoms with Crippen LogP contribution in [0.2, 0.25) is 0 Å². The predicted molar refractivity (Wildman–Crippen MR) is 108 cm³/mol. The van der Waals surface area contributed by atoms with Crippen LogP contribution >= 0.6 is 0 Å². The van der Waals surface area contributed by atoms with Gasteiger partial charge in [-0.1, -0.05) is 0 Å². The smallest absolute Gasteiger partial charge is 0.333 e.